The summed E-state index contributed by atoms with van der Waals surface area (Å²) in [6.45, 7) is 4.55. The average molecular weight is 291 g/mol. The number of rotatable bonds is 7. The Morgan fingerprint density at radius 2 is 2.14 bits per heavy atom. The maximum atomic E-state index is 11.8. The van der Waals surface area contributed by atoms with Crippen LogP contribution < -0.4 is 4.90 Å². The van der Waals surface area contributed by atoms with Gasteiger partial charge in [0.15, 0.2) is 0 Å². The molecule has 2 rings (SSSR count). The van der Waals surface area contributed by atoms with Crippen LogP contribution in [0.2, 0.25) is 0 Å². The topological polar surface area (TPSA) is 49.8 Å². The summed E-state index contributed by atoms with van der Waals surface area (Å²) in [5.74, 6) is -0.736. The highest BCUT2D eigenvalue weighted by atomic mass is 16.5. The van der Waals surface area contributed by atoms with Gasteiger partial charge in [-0.2, -0.15) is 0 Å². The molecule has 21 heavy (non-hydrogen) atoms. The number of anilines is 1. The number of carboxylic acids is 1. The van der Waals surface area contributed by atoms with E-state index in [1.54, 1.807) is 0 Å². The molecule has 1 aliphatic heterocycles. The van der Waals surface area contributed by atoms with Crippen molar-refractivity contribution in [3.8, 4) is 0 Å². The van der Waals surface area contributed by atoms with E-state index in [0.29, 0.717) is 26.2 Å². The number of unbranched alkanes of at least 4 members (excludes halogenated alkanes) is 1. The summed E-state index contributed by atoms with van der Waals surface area (Å²) in [6, 6.07) is 10.1. The highest BCUT2D eigenvalue weighted by Crippen LogP contribution is 2.32. The molecule has 1 N–H and O–H groups in total. The molecule has 0 radical (unpaired) electrons. The minimum absolute atomic E-state index is 0.317. The summed E-state index contributed by atoms with van der Waals surface area (Å²) >= 11 is 0. The van der Waals surface area contributed by atoms with Gasteiger partial charge in [-0.05, 0) is 31.4 Å². The van der Waals surface area contributed by atoms with Gasteiger partial charge in [0.05, 0.1) is 6.61 Å². The van der Waals surface area contributed by atoms with Crippen LogP contribution in [0.5, 0.6) is 0 Å². The predicted octanol–water partition coefficient (Wildman–Crippen LogP) is 3.17. The van der Waals surface area contributed by atoms with E-state index in [4.69, 9.17) is 4.74 Å². The smallest absolute Gasteiger partial charge is 0.313 e. The number of aliphatic carboxylic acids is 1. The van der Waals surface area contributed by atoms with Crippen molar-refractivity contribution >= 4 is 11.7 Å². The van der Waals surface area contributed by atoms with Gasteiger partial charge in [0, 0.05) is 25.4 Å². The molecular formula is C17H25NO3. The van der Waals surface area contributed by atoms with Gasteiger partial charge in [0.2, 0.25) is 0 Å². The molecule has 0 saturated carbocycles. The van der Waals surface area contributed by atoms with Crippen molar-refractivity contribution in [2.24, 2.45) is 5.41 Å². The first-order valence-corrected chi connectivity index (χ1v) is 7.79. The monoisotopic (exact) mass is 291 g/mol. The average Bonchev–Trinajstić information content (AvgIpc) is 2.53. The molecule has 1 aliphatic rings. The van der Waals surface area contributed by atoms with E-state index >= 15 is 0 Å². The normalized spacial score (nSPS) is 22.0. The predicted molar refractivity (Wildman–Crippen MR) is 83.7 cm³/mol. The molecule has 1 saturated heterocycles. The molecule has 116 valence electrons. The molecule has 1 heterocycles. The lowest BCUT2D eigenvalue weighted by Crippen LogP contribution is -2.48. The summed E-state index contributed by atoms with van der Waals surface area (Å²) in [6.07, 6.45) is 3.67. The van der Waals surface area contributed by atoms with Crippen LogP contribution in [-0.4, -0.2) is 37.4 Å². The molecule has 1 fully saturated rings. The van der Waals surface area contributed by atoms with E-state index in [1.807, 2.05) is 18.2 Å². The third kappa shape index (κ3) is 3.97. The number of hydrogen-bond acceptors (Lipinski definition) is 3. The van der Waals surface area contributed by atoms with Crippen molar-refractivity contribution in [3.63, 3.8) is 0 Å². The SMILES string of the molecule is CCCCN(CC1(C(=O)O)CCCOC1)c1ccccc1. The van der Waals surface area contributed by atoms with E-state index in [9.17, 15) is 9.90 Å². The van der Waals surface area contributed by atoms with E-state index in [-0.39, 0.29) is 0 Å². The highest BCUT2D eigenvalue weighted by molar-refractivity contribution is 5.76. The van der Waals surface area contributed by atoms with E-state index in [0.717, 1.165) is 31.5 Å². The van der Waals surface area contributed by atoms with E-state index in [2.05, 4.69) is 24.0 Å². The van der Waals surface area contributed by atoms with Gasteiger partial charge in [-0.15, -0.1) is 0 Å². The van der Waals surface area contributed by atoms with Crippen molar-refractivity contribution < 1.29 is 14.6 Å². The van der Waals surface area contributed by atoms with Crippen LogP contribution in [0, 0.1) is 5.41 Å². The first-order valence-electron chi connectivity index (χ1n) is 7.79. The minimum atomic E-state index is -0.776. The van der Waals surface area contributed by atoms with Gasteiger partial charge in [0.1, 0.15) is 5.41 Å². The van der Waals surface area contributed by atoms with Gasteiger partial charge in [0.25, 0.3) is 0 Å². The second kappa shape index (κ2) is 7.46. The minimum Gasteiger partial charge on any atom is -0.481 e. The molecule has 4 nitrogen and oxygen atoms in total. The lowest BCUT2D eigenvalue weighted by Gasteiger charge is -2.38. The van der Waals surface area contributed by atoms with Crippen LogP contribution in [0.15, 0.2) is 30.3 Å². The van der Waals surface area contributed by atoms with Gasteiger partial charge in [-0.25, -0.2) is 0 Å². The van der Waals surface area contributed by atoms with E-state index in [1.165, 1.54) is 0 Å². The summed E-state index contributed by atoms with van der Waals surface area (Å²) in [4.78, 5) is 14.0. The van der Waals surface area contributed by atoms with Crippen molar-refractivity contribution in [1.29, 1.82) is 0 Å². The Balaban J connectivity index is 2.18. The zero-order valence-corrected chi connectivity index (χ0v) is 12.8. The van der Waals surface area contributed by atoms with Crippen molar-refractivity contribution in [2.75, 3.05) is 31.2 Å². The largest absolute Gasteiger partial charge is 0.481 e. The van der Waals surface area contributed by atoms with Gasteiger partial charge in [-0.1, -0.05) is 31.5 Å². The number of para-hydroxylation sites is 1. The van der Waals surface area contributed by atoms with E-state index < -0.39 is 11.4 Å². The number of ether oxygens (including phenoxy) is 1. The fourth-order valence-electron chi connectivity index (χ4n) is 2.87. The maximum absolute atomic E-state index is 11.8. The molecule has 0 aromatic heterocycles. The number of carboxylic acid groups (broad SMARTS) is 1. The Labute approximate surface area is 126 Å². The van der Waals surface area contributed by atoms with Gasteiger partial charge in [-0.3, -0.25) is 4.79 Å². The second-order valence-corrected chi connectivity index (χ2v) is 5.85. The molecule has 0 aliphatic carbocycles. The Bertz CT molecular complexity index is 441. The summed E-state index contributed by atoms with van der Waals surface area (Å²) in [7, 11) is 0. The Morgan fingerprint density at radius 1 is 1.38 bits per heavy atom. The zero-order valence-electron chi connectivity index (χ0n) is 12.8. The second-order valence-electron chi connectivity index (χ2n) is 5.85. The molecule has 4 heteroatoms. The Morgan fingerprint density at radius 3 is 2.71 bits per heavy atom. The molecule has 1 atom stereocenters. The molecular weight excluding hydrogens is 266 g/mol. The van der Waals surface area contributed by atoms with Crippen LogP contribution in [0.1, 0.15) is 32.6 Å². The Hall–Kier alpha value is -1.55. The number of benzene rings is 1. The first-order chi connectivity index (χ1) is 10.2. The molecule has 0 spiro atoms. The summed E-state index contributed by atoms with van der Waals surface area (Å²) < 4.78 is 5.48. The first kappa shape index (κ1) is 15.8. The zero-order chi connectivity index (χ0) is 15.1. The lowest BCUT2D eigenvalue weighted by atomic mass is 9.81. The van der Waals surface area contributed by atoms with Crippen molar-refractivity contribution in [2.45, 2.75) is 32.6 Å². The number of hydrogen-bond donors (Lipinski definition) is 1. The molecule has 1 aromatic carbocycles. The third-order valence-corrected chi connectivity index (χ3v) is 4.17. The van der Waals surface area contributed by atoms with Crippen LogP contribution in [0.25, 0.3) is 0 Å². The fourth-order valence-corrected chi connectivity index (χ4v) is 2.87. The van der Waals surface area contributed by atoms with Crippen LogP contribution in [-0.2, 0) is 9.53 Å². The molecule has 1 unspecified atom stereocenters. The number of nitrogens with zero attached hydrogens (tertiary/aromatic N) is 1. The van der Waals surface area contributed by atoms with Crippen LogP contribution in [0.3, 0.4) is 0 Å². The molecule has 0 bridgehead atoms. The third-order valence-electron chi connectivity index (χ3n) is 4.17. The van der Waals surface area contributed by atoms with Crippen LogP contribution >= 0.6 is 0 Å². The maximum Gasteiger partial charge on any atom is 0.313 e. The van der Waals surface area contributed by atoms with Crippen molar-refractivity contribution in [1.82, 2.24) is 0 Å². The Kier molecular flexibility index (Phi) is 5.62. The molecule has 1 aromatic rings. The number of carbonyl (C=O) groups is 1. The summed E-state index contributed by atoms with van der Waals surface area (Å²) in [5.41, 5.74) is 0.319. The quantitative estimate of drug-likeness (QED) is 0.838. The van der Waals surface area contributed by atoms with Crippen LogP contribution in [0.4, 0.5) is 5.69 Å². The molecule has 0 amide bonds. The van der Waals surface area contributed by atoms with Gasteiger partial charge < -0.3 is 14.7 Å². The summed E-state index contributed by atoms with van der Waals surface area (Å²) in [5, 5.41) is 9.70. The standard InChI is InChI=1S/C17H25NO3/c1-2-3-11-18(15-8-5-4-6-9-15)13-17(16(19)20)10-7-12-21-14-17/h4-6,8-9H,2-3,7,10-14H2,1H3,(H,19,20). The van der Waals surface area contributed by atoms with Crippen molar-refractivity contribution in [3.05, 3.63) is 30.3 Å². The van der Waals surface area contributed by atoms with Gasteiger partial charge >= 0.3 is 5.97 Å². The highest BCUT2D eigenvalue weighted by Gasteiger charge is 2.42. The lowest BCUT2D eigenvalue weighted by molar-refractivity contribution is -0.156. The fraction of sp³-hybridized carbons (Fsp3) is 0.588.